The highest BCUT2D eigenvalue weighted by Crippen LogP contribution is 2.43. The molecule has 2 aromatic carbocycles. The molecular weight excluding hydrogens is 436 g/mol. The minimum absolute atomic E-state index is 0.0875. The number of Topliss-reactive ketones (excluding diaryl/α,β-unsaturated/α-hetero) is 1. The third-order valence-corrected chi connectivity index (χ3v) is 6.83. The average molecular weight is 481 g/mol. The Bertz CT molecular complexity index is 904. The molecule has 2 aromatic rings. The number of anilines is 1. The molecule has 1 aliphatic heterocycles. The zero-order valence-electron chi connectivity index (χ0n) is 21.9. The van der Waals surface area contributed by atoms with Gasteiger partial charge in [0.05, 0.1) is 12.5 Å². The number of unbranched alkanes of at least 4 members (excludes halogenated alkanes) is 3. The Hall–Kier alpha value is -2.53. The van der Waals surface area contributed by atoms with Gasteiger partial charge in [0.1, 0.15) is 17.6 Å². The largest absolute Gasteiger partial charge is 0.494 e. The normalized spacial score (nSPS) is 16.8. The lowest BCUT2D eigenvalue weighted by molar-refractivity contribution is 0.0886. The van der Waals surface area contributed by atoms with Crippen molar-refractivity contribution >= 4 is 11.5 Å². The van der Waals surface area contributed by atoms with Crippen LogP contribution in [-0.4, -0.2) is 43.0 Å². The number of fused-ring (bicyclic) bond motifs is 1. The van der Waals surface area contributed by atoms with Gasteiger partial charge in [0, 0.05) is 23.4 Å². The third-order valence-electron chi connectivity index (χ3n) is 6.83. The molecular formula is C30H44N2O3. The van der Waals surface area contributed by atoms with Gasteiger partial charge in [0.15, 0.2) is 5.78 Å². The molecule has 1 heterocycles. The first kappa shape index (κ1) is 27.1. The molecule has 0 bridgehead atoms. The maximum atomic E-state index is 13.5. The Balaban J connectivity index is 1.57. The third kappa shape index (κ3) is 7.73. The number of benzene rings is 2. The van der Waals surface area contributed by atoms with Crippen LogP contribution >= 0.6 is 0 Å². The lowest BCUT2D eigenvalue weighted by atomic mass is 9.85. The van der Waals surface area contributed by atoms with E-state index < -0.39 is 0 Å². The first-order chi connectivity index (χ1) is 17.1. The van der Waals surface area contributed by atoms with Crippen molar-refractivity contribution in [3.8, 4) is 11.5 Å². The quantitative estimate of drug-likeness (QED) is 0.162. The van der Waals surface area contributed by atoms with Gasteiger partial charge in [-0.2, -0.15) is 0 Å². The summed E-state index contributed by atoms with van der Waals surface area (Å²) in [6.07, 6.45) is 8.79. The molecule has 5 heteroatoms. The molecule has 3 rings (SSSR count). The van der Waals surface area contributed by atoms with Crippen molar-refractivity contribution in [1.29, 1.82) is 0 Å². The molecule has 0 spiro atoms. The summed E-state index contributed by atoms with van der Waals surface area (Å²) in [5, 5.41) is 0. The van der Waals surface area contributed by atoms with Gasteiger partial charge in [-0.1, -0.05) is 46.5 Å². The van der Waals surface area contributed by atoms with Gasteiger partial charge in [-0.05, 0) is 81.2 Å². The number of nitrogens with two attached hydrogens (primary N) is 1. The van der Waals surface area contributed by atoms with Crippen LogP contribution in [-0.2, 0) is 0 Å². The molecule has 1 aliphatic rings. The molecule has 0 aromatic heterocycles. The SMILES string of the molecule is CCCCC1Oc2ccc(N)cc2C1C(=O)c1ccc(OCCCN(CCCC)CCCC)cc1. The minimum atomic E-state index is -0.316. The van der Waals surface area contributed by atoms with E-state index in [1.165, 1.54) is 38.8 Å². The van der Waals surface area contributed by atoms with Crippen molar-refractivity contribution in [2.24, 2.45) is 0 Å². The fraction of sp³-hybridized carbons (Fsp3) is 0.567. The lowest BCUT2D eigenvalue weighted by Crippen LogP contribution is -2.28. The Morgan fingerprint density at radius 1 is 0.914 bits per heavy atom. The van der Waals surface area contributed by atoms with Crippen LogP contribution in [0.1, 0.15) is 94.0 Å². The summed E-state index contributed by atoms with van der Waals surface area (Å²) >= 11 is 0. The van der Waals surface area contributed by atoms with Crippen LogP contribution in [0.5, 0.6) is 11.5 Å². The molecule has 192 valence electrons. The number of carbonyl (C=O) groups excluding carboxylic acids is 1. The van der Waals surface area contributed by atoms with E-state index >= 15 is 0 Å². The van der Waals surface area contributed by atoms with Gasteiger partial charge in [0.25, 0.3) is 0 Å². The van der Waals surface area contributed by atoms with E-state index in [1.54, 1.807) is 0 Å². The highest BCUT2D eigenvalue weighted by Gasteiger charge is 2.39. The number of ketones is 1. The molecule has 0 saturated heterocycles. The van der Waals surface area contributed by atoms with E-state index in [4.69, 9.17) is 15.2 Å². The Morgan fingerprint density at radius 3 is 2.23 bits per heavy atom. The topological polar surface area (TPSA) is 64.8 Å². The summed E-state index contributed by atoms with van der Waals surface area (Å²) in [5.74, 6) is 1.36. The van der Waals surface area contributed by atoms with E-state index in [0.29, 0.717) is 17.9 Å². The number of hydrogen-bond donors (Lipinski definition) is 1. The second-order valence-electron chi connectivity index (χ2n) is 9.71. The molecule has 0 aliphatic carbocycles. The monoisotopic (exact) mass is 480 g/mol. The summed E-state index contributed by atoms with van der Waals surface area (Å²) < 4.78 is 12.2. The molecule has 0 fully saturated rings. The standard InChI is InChI=1S/C30H44N2O3/c1-4-7-11-28-29(26-22-24(31)14-17-27(26)35-28)30(33)23-12-15-25(16-13-23)34-21-10-20-32(18-8-5-2)19-9-6-3/h12-17,22,28-29H,4-11,18-21,31H2,1-3H3. The first-order valence-corrected chi connectivity index (χ1v) is 13.6. The van der Waals surface area contributed by atoms with Crippen LogP contribution in [0.15, 0.2) is 42.5 Å². The molecule has 5 nitrogen and oxygen atoms in total. The second kappa shape index (κ2) is 14.1. The molecule has 0 radical (unpaired) electrons. The molecule has 2 atom stereocenters. The van der Waals surface area contributed by atoms with Gasteiger partial charge in [-0.15, -0.1) is 0 Å². The van der Waals surface area contributed by atoms with Crippen LogP contribution in [0.4, 0.5) is 5.69 Å². The maximum Gasteiger partial charge on any atom is 0.174 e. The predicted octanol–water partition coefficient (Wildman–Crippen LogP) is 6.86. The summed E-state index contributed by atoms with van der Waals surface area (Å²) in [5.41, 5.74) is 8.29. The molecule has 0 amide bonds. The number of nitrogens with zero attached hydrogens (tertiary/aromatic N) is 1. The van der Waals surface area contributed by atoms with Gasteiger partial charge in [-0.25, -0.2) is 0 Å². The Labute approximate surface area is 212 Å². The van der Waals surface area contributed by atoms with Crippen molar-refractivity contribution in [3.63, 3.8) is 0 Å². The van der Waals surface area contributed by atoms with Crippen molar-refractivity contribution in [1.82, 2.24) is 4.90 Å². The van der Waals surface area contributed by atoms with E-state index in [-0.39, 0.29) is 17.8 Å². The van der Waals surface area contributed by atoms with Crippen LogP contribution in [0.3, 0.4) is 0 Å². The molecule has 0 saturated carbocycles. The van der Waals surface area contributed by atoms with Crippen molar-refractivity contribution in [2.45, 2.75) is 84.2 Å². The van der Waals surface area contributed by atoms with E-state index in [2.05, 4.69) is 25.7 Å². The van der Waals surface area contributed by atoms with Gasteiger partial charge >= 0.3 is 0 Å². The Kier molecular flexibility index (Phi) is 10.9. The van der Waals surface area contributed by atoms with Crippen molar-refractivity contribution < 1.29 is 14.3 Å². The summed E-state index contributed by atoms with van der Waals surface area (Å²) in [7, 11) is 0. The van der Waals surface area contributed by atoms with Gasteiger partial charge in [-0.3, -0.25) is 4.79 Å². The summed E-state index contributed by atoms with van der Waals surface area (Å²) in [4.78, 5) is 16.1. The van der Waals surface area contributed by atoms with E-state index in [9.17, 15) is 4.79 Å². The van der Waals surface area contributed by atoms with Crippen LogP contribution in [0, 0.1) is 0 Å². The highest BCUT2D eigenvalue weighted by molar-refractivity contribution is 6.02. The summed E-state index contributed by atoms with van der Waals surface area (Å²) in [6.45, 7) is 10.7. The highest BCUT2D eigenvalue weighted by atomic mass is 16.5. The van der Waals surface area contributed by atoms with E-state index in [0.717, 1.165) is 49.3 Å². The van der Waals surface area contributed by atoms with Crippen molar-refractivity contribution in [2.75, 3.05) is 32.0 Å². The Morgan fingerprint density at radius 2 is 1.57 bits per heavy atom. The second-order valence-corrected chi connectivity index (χ2v) is 9.71. The molecule has 2 unspecified atom stereocenters. The number of nitrogen functional groups attached to an aromatic ring is 1. The minimum Gasteiger partial charge on any atom is -0.494 e. The molecule has 35 heavy (non-hydrogen) atoms. The molecule has 2 N–H and O–H groups in total. The van der Waals surface area contributed by atoms with Crippen molar-refractivity contribution in [3.05, 3.63) is 53.6 Å². The predicted molar refractivity (Wildman–Crippen MR) is 145 cm³/mol. The van der Waals surface area contributed by atoms with Crippen LogP contribution in [0.2, 0.25) is 0 Å². The number of ether oxygens (including phenoxy) is 2. The number of carbonyl (C=O) groups is 1. The lowest BCUT2D eigenvalue weighted by Gasteiger charge is -2.22. The first-order valence-electron chi connectivity index (χ1n) is 13.6. The maximum absolute atomic E-state index is 13.5. The van der Waals surface area contributed by atoms with E-state index in [1.807, 2.05) is 42.5 Å². The van der Waals surface area contributed by atoms with Gasteiger partial charge in [0.2, 0.25) is 0 Å². The zero-order valence-corrected chi connectivity index (χ0v) is 21.9. The number of rotatable bonds is 16. The fourth-order valence-electron chi connectivity index (χ4n) is 4.76. The van der Waals surface area contributed by atoms with Crippen LogP contribution in [0.25, 0.3) is 0 Å². The summed E-state index contributed by atoms with van der Waals surface area (Å²) in [6, 6.07) is 13.2. The smallest absolute Gasteiger partial charge is 0.174 e. The van der Waals surface area contributed by atoms with Gasteiger partial charge < -0.3 is 20.1 Å². The van der Waals surface area contributed by atoms with Crippen LogP contribution < -0.4 is 15.2 Å². The fourth-order valence-corrected chi connectivity index (χ4v) is 4.76. The number of hydrogen-bond acceptors (Lipinski definition) is 5. The zero-order chi connectivity index (χ0) is 25.0. The average Bonchev–Trinajstić information content (AvgIpc) is 3.23.